The van der Waals surface area contributed by atoms with Gasteiger partial charge in [0.1, 0.15) is 17.4 Å². The lowest BCUT2D eigenvalue weighted by Gasteiger charge is -2.26. The number of aryl methyl sites for hydroxylation is 1. The predicted octanol–water partition coefficient (Wildman–Crippen LogP) is 3.89. The Morgan fingerprint density at radius 3 is 2.67 bits per heavy atom. The van der Waals surface area contributed by atoms with E-state index in [0.717, 1.165) is 60.4 Å². The first-order valence-corrected chi connectivity index (χ1v) is 10.0. The molecule has 0 saturated carbocycles. The largest absolute Gasteiger partial charge is 0.492 e. The molecule has 0 unspecified atom stereocenters. The molecule has 0 amide bonds. The van der Waals surface area contributed by atoms with Crippen LogP contribution in [0, 0.1) is 6.92 Å². The molecule has 0 radical (unpaired) electrons. The van der Waals surface area contributed by atoms with Gasteiger partial charge in [0.15, 0.2) is 0 Å². The van der Waals surface area contributed by atoms with E-state index >= 15 is 0 Å². The minimum atomic E-state index is 0.695. The van der Waals surface area contributed by atoms with Crippen LogP contribution in [-0.4, -0.2) is 54.3 Å². The predicted molar refractivity (Wildman–Crippen MR) is 108 cm³/mol. The smallest absolute Gasteiger partial charge is 0.125 e. The standard InChI is InChI=1S/C21H23N3O2S/c1-16-20(23-21(27-16)18-3-2-8-22-15-18)17-4-6-19(7-5-17)26-14-11-24-9-12-25-13-10-24/h2-8,15H,9-14H2,1H3. The van der Waals surface area contributed by atoms with Gasteiger partial charge in [-0.15, -0.1) is 11.3 Å². The number of aromatic nitrogens is 2. The monoisotopic (exact) mass is 381 g/mol. The molecule has 140 valence electrons. The van der Waals surface area contributed by atoms with E-state index in [-0.39, 0.29) is 0 Å². The lowest BCUT2D eigenvalue weighted by molar-refractivity contribution is 0.0322. The van der Waals surface area contributed by atoms with E-state index in [2.05, 4.69) is 28.9 Å². The minimum Gasteiger partial charge on any atom is -0.492 e. The van der Waals surface area contributed by atoms with E-state index in [1.807, 2.05) is 30.5 Å². The quantitative estimate of drug-likeness (QED) is 0.648. The molecule has 1 aliphatic rings. The molecule has 1 aromatic carbocycles. The van der Waals surface area contributed by atoms with Crippen molar-refractivity contribution in [3.8, 4) is 27.6 Å². The molecule has 0 spiro atoms. The highest BCUT2D eigenvalue weighted by Gasteiger charge is 2.12. The number of hydrogen-bond acceptors (Lipinski definition) is 6. The summed E-state index contributed by atoms with van der Waals surface area (Å²) in [5.41, 5.74) is 3.19. The number of ether oxygens (including phenoxy) is 2. The van der Waals surface area contributed by atoms with Crippen LogP contribution in [0.1, 0.15) is 4.88 Å². The summed E-state index contributed by atoms with van der Waals surface area (Å²) in [4.78, 5) is 12.6. The fourth-order valence-electron chi connectivity index (χ4n) is 3.10. The van der Waals surface area contributed by atoms with Gasteiger partial charge in [0.25, 0.3) is 0 Å². The van der Waals surface area contributed by atoms with Crippen molar-refractivity contribution in [2.75, 3.05) is 39.5 Å². The first-order valence-electron chi connectivity index (χ1n) is 9.21. The van der Waals surface area contributed by atoms with Crippen LogP contribution in [0.5, 0.6) is 5.75 Å². The fourth-order valence-corrected chi connectivity index (χ4v) is 4.03. The van der Waals surface area contributed by atoms with Gasteiger partial charge in [0, 0.05) is 48.0 Å². The summed E-state index contributed by atoms with van der Waals surface area (Å²) < 4.78 is 11.3. The van der Waals surface area contributed by atoms with Gasteiger partial charge in [0.05, 0.1) is 18.9 Å². The normalized spacial score (nSPS) is 15.0. The van der Waals surface area contributed by atoms with Crippen LogP contribution in [0.3, 0.4) is 0 Å². The summed E-state index contributed by atoms with van der Waals surface area (Å²) in [5, 5.41) is 1.00. The molecule has 0 aliphatic carbocycles. The van der Waals surface area contributed by atoms with Crippen LogP contribution in [-0.2, 0) is 4.74 Å². The molecule has 1 aliphatic heterocycles. The Hall–Kier alpha value is -2.28. The van der Waals surface area contributed by atoms with Gasteiger partial charge in [-0.25, -0.2) is 4.98 Å². The Labute approximate surface area is 163 Å². The van der Waals surface area contributed by atoms with Crippen molar-refractivity contribution in [2.24, 2.45) is 0 Å². The highest BCUT2D eigenvalue weighted by Crippen LogP contribution is 2.33. The number of nitrogens with zero attached hydrogens (tertiary/aromatic N) is 3. The van der Waals surface area contributed by atoms with Crippen LogP contribution < -0.4 is 4.74 Å². The zero-order valence-corrected chi connectivity index (χ0v) is 16.2. The summed E-state index contributed by atoms with van der Waals surface area (Å²) in [7, 11) is 0. The van der Waals surface area contributed by atoms with Crippen LogP contribution in [0.2, 0.25) is 0 Å². The summed E-state index contributed by atoms with van der Waals surface area (Å²) in [6.07, 6.45) is 3.64. The maximum Gasteiger partial charge on any atom is 0.125 e. The number of pyridine rings is 1. The van der Waals surface area contributed by atoms with Crippen molar-refractivity contribution in [2.45, 2.75) is 6.92 Å². The molecule has 0 atom stereocenters. The zero-order chi connectivity index (χ0) is 18.5. The van der Waals surface area contributed by atoms with Crippen LogP contribution in [0.25, 0.3) is 21.8 Å². The van der Waals surface area contributed by atoms with Crippen molar-refractivity contribution >= 4 is 11.3 Å². The highest BCUT2D eigenvalue weighted by atomic mass is 32.1. The van der Waals surface area contributed by atoms with Crippen molar-refractivity contribution in [1.29, 1.82) is 0 Å². The SMILES string of the molecule is Cc1sc(-c2cccnc2)nc1-c1ccc(OCCN2CCOCC2)cc1. The van der Waals surface area contributed by atoms with Crippen LogP contribution >= 0.6 is 11.3 Å². The van der Waals surface area contributed by atoms with E-state index in [0.29, 0.717) is 6.61 Å². The average molecular weight is 382 g/mol. The molecule has 1 saturated heterocycles. The average Bonchev–Trinajstić information content (AvgIpc) is 3.12. The Morgan fingerprint density at radius 1 is 1.11 bits per heavy atom. The maximum atomic E-state index is 5.90. The molecular weight excluding hydrogens is 358 g/mol. The zero-order valence-electron chi connectivity index (χ0n) is 15.4. The summed E-state index contributed by atoms with van der Waals surface area (Å²) >= 11 is 1.70. The number of morpholine rings is 1. The number of benzene rings is 1. The molecular formula is C21H23N3O2S. The van der Waals surface area contributed by atoms with Gasteiger partial charge in [-0.05, 0) is 43.3 Å². The third-order valence-corrected chi connectivity index (χ3v) is 5.63. The summed E-state index contributed by atoms with van der Waals surface area (Å²) in [5.74, 6) is 0.896. The van der Waals surface area contributed by atoms with E-state index in [1.54, 1.807) is 17.5 Å². The van der Waals surface area contributed by atoms with Gasteiger partial charge in [-0.1, -0.05) is 0 Å². The second-order valence-electron chi connectivity index (χ2n) is 6.49. The Balaban J connectivity index is 1.39. The van der Waals surface area contributed by atoms with Crippen molar-refractivity contribution in [1.82, 2.24) is 14.9 Å². The molecule has 1 fully saturated rings. The second kappa shape index (κ2) is 8.61. The van der Waals surface area contributed by atoms with Crippen LogP contribution in [0.15, 0.2) is 48.8 Å². The van der Waals surface area contributed by atoms with Crippen molar-refractivity contribution in [3.05, 3.63) is 53.7 Å². The molecule has 2 aromatic heterocycles. The molecule has 27 heavy (non-hydrogen) atoms. The number of hydrogen-bond donors (Lipinski definition) is 0. The third kappa shape index (κ3) is 4.53. The number of rotatable bonds is 6. The molecule has 4 rings (SSSR count). The third-order valence-electron chi connectivity index (χ3n) is 4.61. The molecule has 3 aromatic rings. The molecule has 6 heteroatoms. The highest BCUT2D eigenvalue weighted by molar-refractivity contribution is 7.15. The van der Waals surface area contributed by atoms with E-state index in [1.165, 1.54) is 4.88 Å². The minimum absolute atomic E-state index is 0.695. The lowest BCUT2D eigenvalue weighted by Crippen LogP contribution is -2.38. The van der Waals surface area contributed by atoms with Crippen molar-refractivity contribution < 1.29 is 9.47 Å². The summed E-state index contributed by atoms with van der Waals surface area (Å²) in [6.45, 7) is 7.37. The van der Waals surface area contributed by atoms with Gasteiger partial charge >= 0.3 is 0 Å². The van der Waals surface area contributed by atoms with Crippen LogP contribution in [0.4, 0.5) is 0 Å². The van der Waals surface area contributed by atoms with Gasteiger partial charge in [-0.2, -0.15) is 0 Å². The number of thiazole rings is 1. The lowest BCUT2D eigenvalue weighted by atomic mass is 10.1. The van der Waals surface area contributed by atoms with Crippen molar-refractivity contribution in [3.63, 3.8) is 0 Å². The Kier molecular flexibility index (Phi) is 5.77. The first-order chi connectivity index (χ1) is 13.3. The maximum absolute atomic E-state index is 5.90. The second-order valence-corrected chi connectivity index (χ2v) is 7.70. The van der Waals surface area contributed by atoms with Gasteiger partial charge in [-0.3, -0.25) is 9.88 Å². The molecule has 5 nitrogen and oxygen atoms in total. The fraction of sp³-hybridized carbons (Fsp3) is 0.333. The molecule has 0 N–H and O–H groups in total. The molecule has 3 heterocycles. The van der Waals surface area contributed by atoms with Gasteiger partial charge < -0.3 is 9.47 Å². The molecule has 0 bridgehead atoms. The summed E-state index contributed by atoms with van der Waals surface area (Å²) in [6, 6.07) is 12.2. The topological polar surface area (TPSA) is 47.5 Å². The van der Waals surface area contributed by atoms with Gasteiger partial charge in [0.2, 0.25) is 0 Å². The van der Waals surface area contributed by atoms with E-state index < -0.39 is 0 Å². The van der Waals surface area contributed by atoms with E-state index in [4.69, 9.17) is 14.5 Å². The Morgan fingerprint density at radius 2 is 1.93 bits per heavy atom. The Bertz CT molecular complexity index is 859. The first kappa shape index (κ1) is 18.1. The van der Waals surface area contributed by atoms with E-state index in [9.17, 15) is 0 Å².